The van der Waals surface area contributed by atoms with Crippen molar-refractivity contribution >= 4 is 28.7 Å². The largest absolute Gasteiger partial charge is 0.397 e. The highest BCUT2D eigenvalue weighted by Crippen LogP contribution is 2.40. The molecule has 0 spiro atoms. The van der Waals surface area contributed by atoms with E-state index in [2.05, 4.69) is 77.8 Å². The van der Waals surface area contributed by atoms with Crippen LogP contribution in [-0.2, 0) is 12.8 Å². The first-order valence-electron chi connectivity index (χ1n) is 15.0. The van der Waals surface area contributed by atoms with E-state index in [1.165, 1.54) is 44.5 Å². The number of aromatic amines is 1. The first-order chi connectivity index (χ1) is 22.1. The summed E-state index contributed by atoms with van der Waals surface area (Å²) in [5.74, 6) is 0.938. The number of fused-ring (bicyclic) bond motifs is 7. The molecule has 0 bridgehead atoms. The number of nitrogens with zero attached hydrogens (tertiary/aromatic N) is 1. The standard InChI is InChI=1S/C20H14N2.C13H12N2.C7H6O/c1-2-6-13(7-3-1)20-21-18-11-15-10-14-8-4-5-9-16(14)17(15)12-19(18)22-20;14-12-6-9-5-8-3-1-2-4-10(8)11(9)7-13(12)15;8-6-7-4-2-1-3-5-7/h1-9,11-12H,10H2,(H,21,22);1-4,6-7H,5,14-15H2;1-6H. The SMILES string of the molecule is Nc1cc2c(cc1N)-c1ccccc1C2.O=Cc1ccccc1.c1ccc(-c2nc3cc4c(cc3[nH]2)Cc2ccccc2-4)cc1. The fourth-order valence-corrected chi connectivity index (χ4v) is 6.13. The Bertz CT molecular complexity index is 2150. The minimum atomic E-state index is 0.672. The van der Waals surface area contributed by atoms with Crippen molar-refractivity contribution < 1.29 is 4.79 Å². The van der Waals surface area contributed by atoms with Gasteiger partial charge in [-0.1, -0.05) is 109 Å². The molecule has 1 aromatic heterocycles. The molecule has 45 heavy (non-hydrogen) atoms. The second-order valence-electron chi connectivity index (χ2n) is 11.3. The van der Waals surface area contributed by atoms with Crippen LogP contribution in [0.25, 0.3) is 44.7 Å². The molecule has 2 aliphatic rings. The maximum atomic E-state index is 10.0. The highest BCUT2D eigenvalue weighted by Gasteiger charge is 2.20. The predicted molar refractivity (Wildman–Crippen MR) is 185 cm³/mol. The minimum Gasteiger partial charge on any atom is -0.397 e. The monoisotopic (exact) mass is 584 g/mol. The van der Waals surface area contributed by atoms with E-state index < -0.39 is 0 Å². The third-order valence-corrected chi connectivity index (χ3v) is 8.38. The van der Waals surface area contributed by atoms with E-state index in [9.17, 15) is 4.79 Å². The lowest BCUT2D eigenvalue weighted by Gasteiger charge is -2.05. The number of nitrogens with one attached hydrogen (secondary N) is 1. The van der Waals surface area contributed by atoms with Crippen molar-refractivity contribution in [3.05, 3.63) is 161 Å². The molecule has 0 saturated heterocycles. The van der Waals surface area contributed by atoms with Crippen molar-refractivity contribution in [2.75, 3.05) is 11.5 Å². The molecule has 9 rings (SSSR count). The van der Waals surface area contributed by atoms with Gasteiger partial charge in [-0.15, -0.1) is 0 Å². The number of nitrogens with two attached hydrogens (primary N) is 2. The van der Waals surface area contributed by atoms with E-state index in [1.807, 2.05) is 48.5 Å². The highest BCUT2D eigenvalue weighted by atomic mass is 16.1. The van der Waals surface area contributed by atoms with Gasteiger partial charge >= 0.3 is 0 Å². The van der Waals surface area contributed by atoms with Crippen LogP contribution in [-0.4, -0.2) is 16.3 Å². The van der Waals surface area contributed by atoms with Crippen molar-refractivity contribution in [1.82, 2.24) is 9.97 Å². The zero-order valence-corrected chi connectivity index (χ0v) is 24.7. The molecule has 1 heterocycles. The Balaban J connectivity index is 0.000000122. The van der Waals surface area contributed by atoms with E-state index in [-0.39, 0.29) is 0 Å². The van der Waals surface area contributed by atoms with E-state index in [0.29, 0.717) is 11.4 Å². The van der Waals surface area contributed by atoms with Gasteiger partial charge in [0.2, 0.25) is 0 Å². The van der Waals surface area contributed by atoms with Crippen LogP contribution in [0.5, 0.6) is 0 Å². The lowest BCUT2D eigenvalue weighted by Crippen LogP contribution is -1.95. The van der Waals surface area contributed by atoms with Crippen LogP contribution in [0.4, 0.5) is 11.4 Å². The van der Waals surface area contributed by atoms with Crippen LogP contribution < -0.4 is 11.5 Å². The lowest BCUT2D eigenvalue weighted by atomic mass is 10.0. The number of benzene rings is 6. The normalized spacial score (nSPS) is 11.6. The van der Waals surface area contributed by atoms with Crippen molar-refractivity contribution in [2.45, 2.75) is 12.8 Å². The summed E-state index contributed by atoms with van der Waals surface area (Å²) in [6.45, 7) is 0. The smallest absolute Gasteiger partial charge is 0.150 e. The molecule has 2 aliphatic carbocycles. The van der Waals surface area contributed by atoms with E-state index in [4.69, 9.17) is 16.5 Å². The third-order valence-electron chi connectivity index (χ3n) is 8.38. The molecule has 0 atom stereocenters. The van der Waals surface area contributed by atoms with Gasteiger partial charge in [0.05, 0.1) is 22.4 Å². The minimum absolute atomic E-state index is 0.672. The zero-order chi connectivity index (χ0) is 30.8. The van der Waals surface area contributed by atoms with Gasteiger partial charge in [-0.25, -0.2) is 4.98 Å². The molecule has 5 N–H and O–H groups in total. The number of hydrogen-bond donors (Lipinski definition) is 3. The number of H-pyrrole nitrogens is 1. The summed E-state index contributed by atoms with van der Waals surface area (Å²) in [4.78, 5) is 18.2. The number of hydrogen-bond acceptors (Lipinski definition) is 4. The lowest BCUT2D eigenvalue weighted by molar-refractivity contribution is 0.112. The summed E-state index contributed by atoms with van der Waals surface area (Å²) in [5.41, 5.74) is 27.6. The summed E-state index contributed by atoms with van der Waals surface area (Å²) in [5, 5.41) is 0. The molecular weight excluding hydrogens is 552 g/mol. The van der Waals surface area contributed by atoms with Gasteiger partial charge in [0.15, 0.2) is 0 Å². The molecule has 0 radical (unpaired) electrons. The Morgan fingerprint density at radius 1 is 0.556 bits per heavy atom. The average molecular weight is 585 g/mol. The number of aldehydes is 1. The fraction of sp³-hybridized carbons (Fsp3) is 0.0500. The van der Waals surface area contributed by atoms with Crippen LogP contribution in [0.3, 0.4) is 0 Å². The van der Waals surface area contributed by atoms with Gasteiger partial charge in [-0.05, 0) is 81.6 Å². The maximum absolute atomic E-state index is 10.0. The molecule has 0 saturated carbocycles. The van der Waals surface area contributed by atoms with Crippen LogP contribution in [0.15, 0.2) is 133 Å². The van der Waals surface area contributed by atoms with Crippen molar-refractivity contribution in [3.8, 4) is 33.6 Å². The summed E-state index contributed by atoms with van der Waals surface area (Å²) in [7, 11) is 0. The Morgan fingerprint density at radius 3 is 1.71 bits per heavy atom. The van der Waals surface area contributed by atoms with Crippen molar-refractivity contribution in [2.24, 2.45) is 0 Å². The summed E-state index contributed by atoms with van der Waals surface area (Å²) in [6.07, 6.45) is 2.82. The first-order valence-corrected chi connectivity index (χ1v) is 15.0. The van der Waals surface area contributed by atoms with Crippen LogP contribution in [0.1, 0.15) is 32.6 Å². The summed E-state index contributed by atoms with van der Waals surface area (Å²) < 4.78 is 0. The van der Waals surface area contributed by atoms with Crippen LogP contribution >= 0.6 is 0 Å². The van der Waals surface area contributed by atoms with Gasteiger partial charge in [0.1, 0.15) is 12.1 Å². The molecule has 7 aromatic rings. The molecule has 0 aliphatic heterocycles. The molecule has 0 fully saturated rings. The fourth-order valence-electron chi connectivity index (χ4n) is 6.13. The van der Waals surface area contributed by atoms with Gasteiger partial charge < -0.3 is 16.5 Å². The van der Waals surface area contributed by atoms with Gasteiger partial charge in [0, 0.05) is 11.1 Å². The molecule has 218 valence electrons. The number of anilines is 2. The van der Waals surface area contributed by atoms with Crippen LogP contribution in [0, 0.1) is 0 Å². The van der Waals surface area contributed by atoms with Crippen LogP contribution in [0.2, 0.25) is 0 Å². The van der Waals surface area contributed by atoms with Gasteiger partial charge in [-0.3, -0.25) is 4.79 Å². The Morgan fingerprint density at radius 2 is 1.09 bits per heavy atom. The first kappa shape index (κ1) is 27.9. The Hall–Kier alpha value is -5.94. The average Bonchev–Trinajstić information content (AvgIpc) is 3.78. The van der Waals surface area contributed by atoms with E-state index >= 15 is 0 Å². The van der Waals surface area contributed by atoms with E-state index in [0.717, 1.165) is 47.1 Å². The summed E-state index contributed by atoms with van der Waals surface area (Å²) in [6, 6.07) is 44.9. The third kappa shape index (κ3) is 5.59. The quantitative estimate of drug-likeness (QED) is 0.140. The number of carbonyl (C=O) groups is 1. The molecule has 6 aromatic carbocycles. The zero-order valence-electron chi connectivity index (χ0n) is 24.7. The molecule has 0 amide bonds. The number of imidazole rings is 1. The number of aromatic nitrogens is 2. The van der Waals surface area contributed by atoms with Crippen molar-refractivity contribution in [1.29, 1.82) is 0 Å². The Labute approximate surface area is 262 Å². The Kier molecular flexibility index (Phi) is 7.42. The number of nitrogen functional groups attached to an aromatic ring is 2. The molecule has 0 unspecified atom stereocenters. The van der Waals surface area contributed by atoms with Gasteiger partial charge in [-0.2, -0.15) is 0 Å². The number of rotatable bonds is 2. The molecular formula is C40H32N4O. The maximum Gasteiger partial charge on any atom is 0.150 e. The van der Waals surface area contributed by atoms with E-state index in [1.54, 1.807) is 12.1 Å². The second-order valence-corrected chi connectivity index (χ2v) is 11.3. The molecule has 5 nitrogen and oxygen atoms in total. The second kappa shape index (κ2) is 12.0. The highest BCUT2D eigenvalue weighted by molar-refractivity contribution is 5.89. The van der Waals surface area contributed by atoms with Crippen molar-refractivity contribution in [3.63, 3.8) is 0 Å². The number of carbonyl (C=O) groups excluding carboxylic acids is 1. The topological polar surface area (TPSA) is 97.8 Å². The predicted octanol–water partition coefficient (Wildman–Crippen LogP) is 8.72. The van der Waals surface area contributed by atoms with Gasteiger partial charge in [0.25, 0.3) is 0 Å². The molecule has 5 heteroatoms. The summed E-state index contributed by atoms with van der Waals surface area (Å²) >= 11 is 0.